The number of hydrogen-bond acceptors (Lipinski definition) is 2. The number of halogens is 1. The van der Waals surface area contributed by atoms with Crippen molar-refractivity contribution in [3.63, 3.8) is 0 Å². The largest absolute Gasteiger partial charge is 0.461 e. The van der Waals surface area contributed by atoms with Crippen LogP contribution in [0.3, 0.4) is 0 Å². The van der Waals surface area contributed by atoms with Gasteiger partial charge in [-0.1, -0.05) is 42.5 Å². The van der Waals surface area contributed by atoms with Crippen molar-refractivity contribution in [2.45, 2.75) is 20.0 Å². The lowest BCUT2D eigenvalue weighted by Crippen LogP contribution is -2.23. The summed E-state index contributed by atoms with van der Waals surface area (Å²) in [5, 5.41) is 0. The number of cyclic esters (lactones) is 1. The van der Waals surface area contributed by atoms with Crippen LogP contribution in [0.2, 0.25) is 0 Å². The lowest BCUT2D eigenvalue weighted by Gasteiger charge is -2.17. The third-order valence-corrected chi connectivity index (χ3v) is 3.65. The maximum atomic E-state index is 11.5. The minimum atomic E-state index is -0.0541. The van der Waals surface area contributed by atoms with E-state index in [1.165, 1.54) is 0 Å². The fourth-order valence-corrected chi connectivity index (χ4v) is 2.78. The normalized spacial score (nSPS) is 35.6. The Morgan fingerprint density at radius 3 is 2.77 bits per heavy atom. The van der Waals surface area contributed by atoms with Crippen molar-refractivity contribution in [2.24, 2.45) is 17.8 Å². The van der Waals surface area contributed by atoms with Crippen LogP contribution in [0.15, 0.2) is 12.7 Å². The molecule has 0 amide bonds. The first kappa shape index (κ1) is 11.0. The molecule has 1 heterocycles. The van der Waals surface area contributed by atoms with Gasteiger partial charge in [0.05, 0.1) is 5.92 Å². The average molecular weight is 294 g/mol. The fourth-order valence-electron chi connectivity index (χ4n) is 1.79. The van der Waals surface area contributed by atoms with Gasteiger partial charge >= 0.3 is 5.97 Å². The first-order chi connectivity index (χ1) is 6.11. The Bertz CT molecular complexity index is 215. The van der Waals surface area contributed by atoms with E-state index in [0.717, 1.165) is 4.43 Å². The number of allylic oxidation sites excluding steroid dienone is 1. The zero-order valence-corrected chi connectivity index (χ0v) is 10.2. The Hall–Kier alpha value is -0.0600. The smallest absolute Gasteiger partial charge is 0.310 e. The first-order valence-electron chi connectivity index (χ1n) is 4.50. The highest BCUT2D eigenvalue weighted by Crippen LogP contribution is 2.34. The van der Waals surface area contributed by atoms with E-state index < -0.39 is 0 Å². The summed E-state index contributed by atoms with van der Waals surface area (Å²) in [5.74, 6) is 0.492. The first-order valence-corrected chi connectivity index (χ1v) is 6.03. The number of carbonyl (C=O) groups excluding carboxylic acids is 1. The van der Waals surface area contributed by atoms with Crippen LogP contribution in [-0.4, -0.2) is 16.5 Å². The molecular formula is C10H15IO2. The molecule has 13 heavy (non-hydrogen) atoms. The van der Waals surface area contributed by atoms with Crippen molar-refractivity contribution in [3.05, 3.63) is 12.7 Å². The van der Waals surface area contributed by atoms with E-state index in [2.05, 4.69) is 36.1 Å². The summed E-state index contributed by atoms with van der Waals surface area (Å²) in [5.41, 5.74) is 0. The van der Waals surface area contributed by atoms with Gasteiger partial charge in [-0.15, -0.1) is 6.58 Å². The molecular weight excluding hydrogens is 279 g/mol. The van der Waals surface area contributed by atoms with Gasteiger partial charge in [0, 0.05) is 10.3 Å². The third kappa shape index (κ3) is 2.06. The van der Waals surface area contributed by atoms with Gasteiger partial charge in [0.1, 0.15) is 6.10 Å². The number of ether oxygens (including phenoxy) is 1. The molecule has 4 atom stereocenters. The van der Waals surface area contributed by atoms with E-state index in [1.807, 2.05) is 13.0 Å². The van der Waals surface area contributed by atoms with Crippen LogP contribution in [-0.2, 0) is 9.53 Å². The van der Waals surface area contributed by atoms with Gasteiger partial charge in [-0.3, -0.25) is 4.79 Å². The Balaban J connectivity index is 2.75. The minimum absolute atomic E-state index is 0.0114. The molecule has 0 spiro atoms. The maximum Gasteiger partial charge on any atom is 0.310 e. The highest BCUT2D eigenvalue weighted by Gasteiger charge is 2.42. The molecule has 74 valence electrons. The number of esters is 1. The predicted octanol–water partition coefficient (Wildman–Crippen LogP) is 2.42. The second-order valence-corrected chi connectivity index (χ2v) is 4.49. The Labute approximate surface area is 92.9 Å². The summed E-state index contributed by atoms with van der Waals surface area (Å²) in [6.45, 7) is 7.82. The molecule has 1 fully saturated rings. The minimum Gasteiger partial charge on any atom is -0.461 e. The van der Waals surface area contributed by atoms with Crippen LogP contribution in [0.25, 0.3) is 0 Å². The second kappa shape index (κ2) is 4.44. The molecule has 0 aromatic carbocycles. The van der Waals surface area contributed by atoms with Gasteiger partial charge in [0.15, 0.2) is 0 Å². The Morgan fingerprint density at radius 2 is 2.38 bits per heavy atom. The topological polar surface area (TPSA) is 26.3 Å². The molecule has 0 unspecified atom stereocenters. The molecule has 3 heteroatoms. The third-order valence-electron chi connectivity index (χ3n) is 2.78. The summed E-state index contributed by atoms with van der Waals surface area (Å²) in [6, 6.07) is 0. The average Bonchev–Trinajstić information content (AvgIpc) is 2.40. The van der Waals surface area contributed by atoms with Crippen molar-refractivity contribution in [1.82, 2.24) is 0 Å². The van der Waals surface area contributed by atoms with Gasteiger partial charge in [0.2, 0.25) is 0 Å². The predicted molar refractivity (Wildman–Crippen MR) is 60.8 cm³/mol. The molecule has 0 N–H and O–H groups in total. The van der Waals surface area contributed by atoms with Gasteiger partial charge in [0.25, 0.3) is 0 Å². The molecule has 0 aromatic heterocycles. The fraction of sp³-hybridized carbons (Fsp3) is 0.700. The molecule has 0 bridgehead atoms. The molecule has 0 radical (unpaired) electrons. The van der Waals surface area contributed by atoms with E-state index >= 15 is 0 Å². The standard InChI is InChI=1S/C10H15IO2/c1-4-6(2)9-7(3)8(5-11)13-10(9)12/h4,6-9H,1,5H2,2-3H3/t6-,7-,8-,9+/m0/s1. The van der Waals surface area contributed by atoms with Gasteiger partial charge in [-0.2, -0.15) is 0 Å². The molecule has 1 rings (SSSR count). The summed E-state index contributed by atoms with van der Waals surface area (Å²) in [7, 11) is 0. The van der Waals surface area contributed by atoms with Crippen LogP contribution < -0.4 is 0 Å². The number of carbonyl (C=O) groups is 1. The van der Waals surface area contributed by atoms with E-state index in [-0.39, 0.29) is 23.9 Å². The van der Waals surface area contributed by atoms with E-state index in [9.17, 15) is 4.79 Å². The zero-order chi connectivity index (χ0) is 10.0. The summed E-state index contributed by atoms with van der Waals surface area (Å²) in [4.78, 5) is 11.5. The molecule has 0 aromatic rings. The maximum absolute atomic E-state index is 11.5. The van der Waals surface area contributed by atoms with Crippen molar-refractivity contribution in [1.29, 1.82) is 0 Å². The van der Waals surface area contributed by atoms with Crippen molar-refractivity contribution in [2.75, 3.05) is 4.43 Å². The highest BCUT2D eigenvalue weighted by atomic mass is 127. The Morgan fingerprint density at radius 1 is 1.77 bits per heavy atom. The monoisotopic (exact) mass is 294 g/mol. The lowest BCUT2D eigenvalue weighted by atomic mass is 9.83. The van der Waals surface area contributed by atoms with Crippen molar-refractivity contribution >= 4 is 28.6 Å². The number of rotatable bonds is 3. The Kier molecular flexibility index (Phi) is 3.76. The molecule has 1 aliphatic rings. The van der Waals surface area contributed by atoms with Gasteiger partial charge in [-0.05, 0) is 5.92 Å². The molecule has 1 aliphatic heterocycles. The number of alkyl halides is 1. The van der Waals surface area contributed by atoms with Crippen molar-refractivity contribution in [3.8, 4) is 0 Å². The van der Waals surface area contributed by atoms with Gasteiger partial charge < -0.3 is 4.74 Å². The van der Waals surface area contributed by atoms with E-state index in [1.54, 1.807) is 0 Å². The number of hydrogen-bond donors (Lipinski definition) is 0. The quantitative estimate of drug-likeness (QED) is 0.346. The van der Waals surface area contributed by atoms with Crippen LogP contribution >= 0.6 is 22.6 Å². The summed E-state index contributed by atoms with van der Waals surface area (Å²) >= 11 is 2.26. The van der Waals surface area contributed by atoms with Crippen LogP contribution in [0, 0.1) is 17.8 Å². The van der Waals surface area contributed by atoms with Crippen LogP contribution in [0.4, 0.5) is 0 Å². The SMILES string of the molecule is C=C[C@H](C)[C@H]1C(=O)O[C@@H](CI)[C@@H]1C. The van der Waals surface area contributed by atoms with Crippen LogP contribution in [0.1, 0.15) is 13.8 Å². The van der Waals surface area contributed by atoms with Crippen LogP contribution in [0.5, 0.6) is 0 Å². The molecule has 0 saturated carbocycles. The molecule has 1 saturated heterocycles. The second-order valence-electron chi connectivity index (χ2n) is 3.61. The van der Waals surface area contributed by atoms with E-state index in [0.29, 0.717) is 5.92 Å². The zero-order valence-electron chi connectivity index (χ0n) is 8.00. The highest BCUT2D eigenvalue weighted by molar-refractivity contribution is 14.1. The summed E-state index contributed by atoms with van der Waals surface area (Å²) < 4.78 is 6.14. The van der Waals surface area contributed by atoms with Crippen molar-refractivity contribution < 1.29 is 9.53 Å². The lowest BCUT2D eigenvalue weighted by molar-refractivity contribution is -0.144. The van der Waals surface area contributed by atoms with E-state index in [4.69, 9.17) is 4.74 Å². The molecule has 0 aliphatic carbocycles. The van der Waals surface area contributed by atoms with Gasteiger partial charge in [-0.25, -0.2) is 0 Å². The molecule has 2 nitrogen and oxygen atoms in total. The summed E-state index contributed by atoms with van der Waals surface area (Å²) in [6.07, 6.45) is 1.93.